The van der Waals surface area contributed by atoms with Crippen LogP contribution in [0.2, 0.25) is 0 Å². The molecule has 3 heterocycles. The third-order valence-electron chi connectivity index (χ3n) is 6.75. The molecule has 0 spiro atoms. The van der Waals surface area contributed by atoms with Crippen molar-refractivity contribution in [2.45, 2.75) is 60.8 Å². The SMILES string of the molecule is Cc1[nH]nc(-c2cc3ccc(N(C)C(=O)CN4CC(C)(C)CC4=O)cc3[nH]2)c1CCC(C)(C)C. The predicted octanol–water partition coefficient (Wildman–Crippen LogP) is 5.07. The van der Waals surface area contributed by atoms with Crippen LogP contribution in [0.15, 0.2) is 24.3 Å². The minimum Gasteiger partial charge on any atom is -0.353 e. The highest BCUT2D eigenvalue weighted by Gasteiger charge is 2.36. The Balaban J connectivity index is 1.54. The van der Waals surface area contributed by atoms with E-state index in [1.54, 1.807) is 16.8 Å². The number of fused-ring (bicyclic) bond motifs is 1. The molecule has 1 saturated heterocycles. The molecule has 7 nitrogen and oxygen atoms in total. The zero-order valence-electron chi connectivity index (χ0n) is 21.5. The van der Waals surface area contributed by atoms with Crippen molar-refractivity contribution < 1.29 is 9.59 Å². The van der Waals surface area contributed by atoms with Gasteiger partial charge in [0.15, 0.2) is 0 Å². The first-order chi connectivity index (χ1) is 15.8. The van der Waals surface area contributed by atoms with Crippen LogP contribution in [-0.4, -0.2) is 52.0 Å². The van der Waals surface area contributed by atoms with Crippen LogP contribution in [0.5, 0.6) is 0 Å². The molecule has 4 rings (SSSR count). The molecular weight excluding hydrogens is 426 g/mol. The van der Waals surface area contributed by atoms with Crippen LogP contribution < -0.4 is 4.90 Å². The fourth-order valence-corrected chi connectivity index (χ4v) is 4.67. The second-order valence-electron chi connectivity index (χ2n) is 11.7. The number of anilines is 1. The Morgan fingerprint density at radius 2 is 1.97 bits per heavy atom. The number of H-pyrrole nitrogens is 2. The van der Waals surface area contributed by atoms with E-state index < -0.39 is 0 Å². The van der Waals surface area contributed by atoms with Crippen LogP contribution in [0.1, 0.15) is 58.7 Å². The largest absolute Gasteiger partial charge is 0.353 e. The zero-order chi connectivity index (χ0) is 24.8. The molecule has 1 aliphatic rings. The molecule has 1 aromatic carbocycles. The highest BCUT2D eigenvalue weighted by atomic mass is 16.2. The van der Waals surface area contributed by atoms with Crippen LogP contribution in [0, 0.1) is 17.8 Å². The molecule has 2 N–H and O–H groups in total. The van der Waals surface area contributed by atoms with Gasteiger partial charge in [-0.05, 0) is 48.8 Å². The molecule has 2 aromatic heterocycles. The molecule has 0 atom stereocenters. The Bertz CT molecular complexity index is 1230. The summed E-state index contributed by atoms with van der Waals surface area (Å²) >= 11 is 0. The number of nitrogens with one attached hydrogen (secondary N) is 2. The summed E-state index contributed by atoms with van der Waals surface area (Å²) in [6.45, 7) is 13.7. The normalized spacial score (nSPS) is 16.0. The number of amides is 2. The number of hydrogen-bond acceptors (Lipinski definition) is 3. The number of carbonyl (C=O) groups excluding carboxylic acids is 2. The van der Waals surface area contributed by atoms with E-state index in [1.807, 2.05) is 18.2 Å². The van der Waals surface area contributed by atoms with Gasteiger partial charge in [0.25, 0.3) is 0 Å². The molecule has 7 heteroatoms. The second kappa shape index (κ2) is 8.60. The van der Waals surface area contributed by atoms with E-state index in [1.165, 1.54) is 5.56 Å². The molecule has 182 valence electrons. The van der Waals surface area contributed by atoms with Crippen molar-refractivity contribution in [2.75, 3.05) is 25.0 Å². The first kappa shape index (κ1) is 24.0. The number of aryl methyl sites for hydroxylation is 1. The average molecular weight is 464 g/mol. The lowest BCUT2D eigenvalue weighted by Crippen LogP contribution is -2.39. The molecule has 0 aliphatic carbocycles. The second-order valence-corrected chi connectivity index (χ2v) is 11.7. The van der Waals surface area contributed by atoms with Crippen molar-refractivity contribution in [3.8, 4) is 11.4 Å². The summed E-state index contributed by atoms with van der Waals surface area (Å²) in [5.41, 5.74) is 6.19. The maximum Gasteiger partial charge on any atom is 0.246 e. The Morgan fingerprint density at radius 3 is 2.62 bits per heavy atom. The fraction of sp³-hybridized carbons (Fsp3) is 0.519. The van der Waals surface area contributed by atoms with Crippen molar-refractivity contribution in [1.82, 2.24) is 20.1 Å². The molecular formula is C27H37N5O2. The summed E-state index contributed by atoms with van der Waals surface area (Å²) in [5, 5.41) is 8.80. The van der Waals surface area contributed by atoms with Gasteiger partial charge in [0.05, 0.1) is 5.69 Å². The summed E-state index contributed by atoms with van der Waals surface area (Å²) in [4.78, 5) is 32.0. The smallest absolute Gasteiger partial charge is 0.246 e. The van der Waals surface area contributed by atoms with Gasteiger partial charge >= 0.3 is 0 Å². The van der Waals surface area contributed by atoms with E-state index in [0.29, 0.717) is 13.0 Å². The van der Waals surface area contributed by atoms with Gasteiger partial charge in [0.1, 0.15) is 12.2 Å². The van der Waals surface area contributed by atoms with Crippen molar-refractivity contribution >= 4 is 28.4 Å². The molecule has 0 unspecified atom stereocenters. The van der Waals surface area contributed by atoms with Crippen LogP contribution in [0.4, 0.5) is 5.69 Å². The third kappa shape index (κ3) is 5.03. The summed E-state index contributed by atoms with van der Waals surface area (Å²) in [6, 6.07) is 8.07. The van der Waals surface area contributed by atoms with Crippen molar-refractivity contribution in [3.63, 3.8) is 0 Å². The Kier molecular flexibility index (Phi) is 6.08. The number of likely N-dealkylation sites (N-methyl/N-ethyl adjacent to an activating group) is 1. The number of hydrogen-bond donors (Lipinski definition) is 2. The number of aromatic amines is 2. The van der Waals surface area contributed by atoms with Crippen LogP contribution in [0.3, 0.4) is 0 Å². The summed E-state index contributed by atoms with van der Waals surface area (Å²) in [5.74, 6) is -0.0441. The number of benzene rings is 1. The number of nitrogens with zero attached hydrogens (tertiary/aromatic N) is 3. The first-order valence-electron chi connectivity index (χ1n) is 12.0. The Labute approximate surface area is 201 Å². The predicted molar refractivity (Wildman–Crippen MR) is 137 cm³/mol. The van der Waals surface area contributed by atoms with E-state index >= 15 is 0 Å². The highest BCUT2D eigenvalue weighted by molar-refractivity contribution is 5.99. The molecule has 1 aliphatic heterocycles. The number of likely N-dealkylation sites (tertiary alicyclic amines) is 1. The Morgan fingerprint density at radius 1 is 1.24 bits per heavy atom. The van der Waals surface area contributed by atoms with Gasteiger partial charge in [-0.15, -0.1) is 0 Å². The van der Waals surface area contributed by atoms with Crippen molar-refractivity contribution in [2.24, 2.45) is 10.8 Å². The van der Waals surface area contributed by atoms with Gasteiger partial charge in [-0.2, -0.15) is 5.10 Å². The van der Waals surface area contributed by atoms with Gasteiger partial charge < -0.3 is 14.8 Å². The van der Waals surface area contributed by atoms with Crippen molar-refractivity contribution in [1.29, 1.82) is 0 Å². The van der Waals surface area contributed by atoms with Gasteiger partial charge in [-0.25, -0.2) is 0 Å². The maximum absolute atomic E-state index is 12.9. The molecule has 0 bridgehead atoms. The standard InChI is InChI=1S/C27H37N5O2/c1-17-20(10-11-26(2,3)4)25(30-29-17)22-12-18-8-9-19(13-21(18)28-22)31(7)24(34)15-32-16-27(5,6)14-23(32)33/h8-9,12-13,28H,10-11,14-16H2,1-7H3,(H,29,30). The zero-order valence-corrected chi connectivity index (χ0v) is 21.5. The quantitative estimate of drug-likeness (QED) is 0.535. The maximum atomic E-state index is 12.9. The summed E-state index contributed by atoms with van der Waals surface area (Å²) < 4.78 is 0. The van der Waals surface area contributed by atoms with Crippen LogP contribution >= 0.6 is 0 Å². The summed E-state index contributed by atoms with van der Waals surface area (Å²) in [7, 11) is 1.76. The number of rotatable bonds is 6. The van der Waals surface area contributed by atoms with Gasteiger partial charge in [-0.3, -0.25) is 14.7 Å². The van der Waals surface area contributed by atoms with E-state index in [4.69, 9.17) is 0 Å². The van der Waals surface area contributed by atoms with Crippen LogP contribution in [0.25, 0.3) is 22.3 Å². The third-order valence-corrected chi connectivity index (χ3v) is 6.75. The van der Waals surface area contributed by atoms with Crippen molar-refractivity contribution in [3.05, 3.63) is 35.5 Å². The lowest BCUT2D eigenvalue weighted by Gasteiger charge is -2.23. The topological polar surface area (TPSA) is 85.1 Å². The fourth-order valence-electron chi connectivity index (χ4n) is 4.67. The van der Waals surface area contributed by atoms with E-state index in [-0.39, 0.29) is 29.2 Å². The lowest BCUT2D eigenvalue weighted by atomic mass is 9.88. The molecule has 1 fully saturated rings. The Hall–Kier alpha value is -3.09. The van der Waals surface area contributed by atoms with E-state index in [2.05, 4.69) is 62.8 Å². The molecule has 0 saturated carbocycles. The van der Waals surface area contributed by atoms with Gasteiger partial charge in [-0.1, -0.05) is 40.7 Å². The number of aromatic nitrogens is 3. The average Bonchev–Trinajstić information content (AvgIpc) is 3.39. The lowest BCUT2D eigenvalue weighted by molar-refractivity contribution is -0.132. The monoisotopic (exact) mass is 463 g/mol. The minimum atomic E-state index is -0.0930. The first-order valence-corrected chi connectivity index (χ1v) is 12.0. The highest BCUT2D eigenvalue weighted by Crippen LogP contribution is 2.32. The number of carbonyl (C=O) groups is 2. The molecule has 2 amide bonds. The van der Waals surface area contributed by atoms with E-state index in [0.717, 1.165) is 46.5 Å². The molecule has 0 radical (unpaired) electrons. The van der Waals surface area contributed by atoms with Crippen LogP contribution in [-0.2, 0) is 16.0 Å². The van der Waals surface area contributed by atoms with E-state index in [9.17, 15) is 9.59 Å². The van der Waals surface area contributed by atoms with Gasteiger partial charge in [0, 0.05) is 47.9 Å². The van der Waals surface area contributed by atoms with Gasteiger partial charge in [0.2, 0.25) is 11.8 Å². The summed E-state index contributed by atoms with van der Waals surface area (Å²) in [6.07, 6.45) is 2.53. The minimum absolute atomic E-state index is 0.0489. The molecule has 3 aromatic rings. The molecule has 34 heavy (non-hydrogen) atoms.